The fourth-order valence-corrected chi connectivity index (χ4v) is 1.19. The van der Waals surface area contributed by atoms with Crippen LogP contribution in [0.25, 0.3) is 0 Å². The first-order valence-electron chi connectivity index (χ1n) is 5.12. The summed E-state index contributed by atoms with van der Waals surface area (Å²) >= 11 is 5.86. The van der Waals surface area contributed by atoms with Crippen molar-refractivity contribution in [2.45, 2.75) is 13.8 Å². The van der Waals surface area contributed by atoms with Crippen LogP contribution in [0.3, 0.4) is 0 Å². The molecule has 1 aromatic carbocycles. The van der Waals surface area contributed by atoms with Crippen molar-refractivity contribution in [2.24, 2.45) is 5.92 Å². The lowest BCUT2D eigenvalue weighted by Gasteiger charge is -2.09. The van der Waals surface area contributed by atoms with Gasteiger partial charge in [-0.1, -0.05) is 37.6 Å². The Kier molecular flexibility index (Phi) is 5.12. The molecule has 0 amide bonds. The van der Waals surface area contributed by atoms with Crippen LogP contribution in [-0.4, -0.2) is 19.2 Å². The topological polar surface area (TPSA) is 35.5 Å². The van der Waals surface area contributed by atoms with Crippen molar-refractivity contribution in [3.8, 4) is 5.75 Å². The highest BCUT2D eigenvalue weighted by atomic mass is 35.5. The van der Waals surface area contributed by atoms with Gasteiger partial charge in [0.15, 0.2) is 6.61 Å². The fraction of sp³-hybridized carbons (Fsp3) is 0.417. The fourth-order valence-electron chi connectivity index (χ4n) is 1.000. The molecule has 0 unspecified atom stereocenters. The number of benzene rings is 1. The molecule has 0 fully saturated rings. The molecule has 0 saturated carbocycles. The molecule has 0 radical (unpaired) electrons. The van der Waals surface area contributed by atoms with E-state index in [4.69, 9.17) is 21.1 Å². The van der Waals surface area contributed by atoms with Crippen molar-refractivity contribution in [1.29, 1.82) is 0 Å². The van der Waals surface area contributed by atoms with Crippen LogP contribution in [0.1, 0.15) is 13.8 Å². The Bertz CT molecular complexity index is 350. The summed E-state index contributed by atoms with van der Waals surface area (Å²) in [7, 11) is 0. The molecule has 0 bridgehead atoms. The molecule has 0 aliphatic rings. The third kappa shape index (κ3) is 4.53. The Morgan fingerprint density at radius 3 is 2.69 bits per heavy atom. The van der Waals surface area contributed by atoms with Gasteiger partial charge >= 0.3 is 5.97 Å². The normalized spacial score (nSPS) is 10.2. The summed E-state index contributed by atoms with van der Waals surface area (Å²) in [6.07, 6.45) is 0. The number of rotatable bonds is 5. The van der Waals surface area contributed by atoms with E-state index in [1.165, 1.54) is 0 Å². The molecule has 16 heavy (non-hydrogen) atoms. The first kappa shape index (κ1) is 12.8. The number of hydrogen-bond donors (Lipinski definition) is 0. The van der Waals surface area contributed by atoms with Crippen molar-refractivity contribution < 1.29 is 14.3 Å². The zero-order chi connectivity index (χ0) is 12.0. The lowest BCUT2D eigenvalue weighted by molar-refractivity contribution is -0.147. The van der Waals surface area contributed by atoms with Gasteiger partial charge in [0.1, 0.15) is 5.75 Å². The second-order valence-electron chi connectivity index (χ2n) is 3.80. The zero-order valence-corrected chi connectivity index (χ0v) is 10.2. The van der Waals surface area contributed by atoms with Crippen LogP contribution in [-0.2, 0) is 9.53 Å². The van der Waals surface area contributed by atoms with Crippen molar-refractivity contribution in [3.63, 3.8) is 0 Å². The van der Waals surface area contributed by atoms with Gasteiger partial charge in [0.05, 0.1) is 11.6 Å². The van der Waals surface area contributed by atoms with Crippen LogP contribution < -0.4 is 4.74 Å². The Hall–Kier alpha value is -1.22. The maximum absolute atomic E-state index is 11.2. The molecule has 0 spiro atoms. The number of halogens is 1. The highest BCUT2D eigenvalue weighted by Gasteiger charge is 2.07. The van der Waals surface area contributed by atoms with E-state index >= 15 is 0 Å². The summed E-state index contributed by atoms with van der Waals surface area (Å²) in [6.45, 7) is 4.24. The SMILES string of the molecule is CC(C)COC(=O)COc1ccccc1Cl. The monoisotopic (exact) mass is 242 g/mol. The molecule has 1 aromatic rings. The number of carbonyl (C=O) groups excluding carboxylic acids is 1. The van der Waals surface area contributed by atoms with E-state index in [9.17, 15) is 4.79 Å². The van der Waals surface area contributed by atoms with Gasteiger partial charge in [0, 0.05) is 0 Å². The molecular formula is C12H15ClO3. The molecule has 3 nitrogen and oxygen atoms in total. The summed E-state index contributed by atoms with van der Waals surface area (Å²) in [5.74, 6) is 0.434. The minimum Gasteiger partial charge on any atom is -0.480 e. The summed E-state index contributed by atoms with van der Waals surface area (Å²) < 4.78 is 10.2. The van der Waals surface area contributed by atoms with Gasteiger partial charge in [0.25, 0.3) is 0 Å². The Labute approximate surface area is 100 Å². The van der Waals surface area contributed by atoms with E-state index < -0.39 is 0 Å². The quantitative estimate of drug-likeness (QED) is 0.745. The summed E-state index contributed by atoms with van der Waals surface area (Å²) in [5.41, 5.74) is 0. The van der Waals surface area contributed by atoms with Gasteiger partial charge < -0.3 is 9.47 Å². The summed E-state index contributed by atoms with van der Waals surface area (Å²) in [6, 6.07) is 7.00. The zero-order valence-electron chi connectivity index (χ0n) is 9.40. The van der Waals surface area contributed by atoms with Crippen LogP contribution in [0.4, 0.5) is 0 Å². The number of hydrogen-bond acceptors (Lipinski definition) is 3. The lowest BCUT2D eigenvalue weighted by atomic mass is 10.2. The van der Waals surface area contributed by atoms with Gasteiger partial charge in [-0.3, -0.25) is 0 Å². The number of para-hydroxylation sites is 1. The van der Waals surface area contributed by atoms with Crippen molar-refractivity contribution in [1.82, 2.24) is 0 Å². The molecule has 88 valence electrons. The highest BCUT2D eigenvalue weighted by Crippen LogP contribution is 2.22. The first-order valence-corrected chi connectivity index (χ1v) is 5.50. The summed E-state index contributed by atoms with van der Waals surface area (Å²) in [4.78, 5) is 11.2. The predicted molar refractivity (Wildman–Crippen MR) is 62.7 cm³/mol. The Balaban J connectivity index is 2.35. The number of carbonyl (C=O) groups is 1. The average Bonchev–Trinajstić information content (AvgIpc) is 2.25. The van der Waals surface area contributed by atoms with Crippen LogP contribution in [0, 0.1) is 5.92 Å². The van der Waals surface area contributed by atoms with Crippen molar-refractivity contribution in [2.75, 3.05) is 13.2 Å². The molecule has 0 aliphatic heterocycles. The largest absolute Gasteiger partial charge is 0.480 e. The third-order valence-electron chi connectivity index (χ3n) is 1.76. The number of ether oxygens (including phenoxy) is 2. The second-order valence-corrected chi connectivity index (χ2v) is 4.20. The molecular weight excluding hydrogens is 228 g/mol. The number of esters is 1. The van der Waals surface area contributed by atoms with Gasteiger partial charge in [0.2, 0.25) is 0 Å². The molecule has 4 heteroatoms. The lowest BCUT2D eigenvalue weighted by Crippen LogP contribution is -2.17. The molecule has 0 saturated heterocycles. The molecule has 1 rings (SSSR count). The first-order chi connectivity index (χ1) is 7.59. The second kappa shape index (κ2) is 6.38. The van der Waals surface area contributed by atoms with Crippen molar-refractivity contribution >= 4 is 17.6 Å². The molecule has 0 atom stereocenters. The standard InChI is InChI=1S/C12H15ClO3/c1-9(2)7-16-12(14)8-15-11-6-4-3-5-10(11)13/h3-6,9H,7-8H2,1-2H3. The Morgan fingerprint density at radius 1 is 1.38 bits per heavy atom. The molecule has 0 aromatic heterocycles. The van der Waals surface area contributed by atoms with Gasteiger partial charge in [-0.05, 0) is 18.1 Å². The van der Waals surface area contributed by atoms with Gasteiger partial charge in [-0.15, -0.1) is 0 Å². The smallest absolute Gasteiger partial charge is 0.344 e. The minimum absolute atomic E-state index is 0.115. The molecule has 0 N–H and O–H groups in total. The van der Waals surface area contributed by atoms with E-state index in [2.05, 4.69) is 0 Å². The van der Waals surface area contributed by atoms with Gasteiger partial charge in [-0.25, -0.2) is 4.79 Å². The summed E-state index contributed by atoms with van der Waals surface area (Å²) in [5, 5.41) is 0.485. The molecule has 0 heterocycles. The Morgan fingerprint density at radius 2 is 2.06 bits per heavy atom. The van der Waals surface area contributed by atoms with Gasteiger partial charge in [-0.2, -0.15) is 0 Å². The van der Waals surface area contributed by atoms with E-state index in [-0.39, 0.29) is 12.6 Å². The van der Waals surface area contributed by atoms with E-state index in [1.807, 2.05) is 13.8 Å². The predicted octanol–water partition coefficient (Wildman–Crippen LogP) is 2.92. The average molecular weight is 243 g/mol. The van der Waals surface area contributed by atoms with Crippen LogP contribution in [0.2, 0.25) is 5.02 Å². The minimum atomic E-state index is -0.381. The van der Waals surface area contributed by atoms with E-state index in [0.717, 1.165) is 0 Å². The maximum Gasteiger partial charge on any atom is 0.344 e. The van der Waals surface area contributed by atoms with E-state index in [1.54, 1.807) is 24.3 Å². The third-order valence-corrected chi connectivity index (χ3v) is 2.07. The van der Waals surface area contributed by atoms with Crippen LogP contribution in [0.5, 0.6) is 5.75 Å². The van der Waals surface area contributed by atoms with Crippen LogP contribution >= 0.6 is 11.6 Å². The van der Waals surface area contributed by atoms with Crippen LogP contribution in [0.15, 0.2) is 24.3 Å². The maximum atomic E-state index is 11.2. The highest BCUT2D eigenvalue weighted by molar-refractivity contribution is 6.32. The molecule has 0 aliphatic carbocycles. The van der Waals surface area contributed by atoms with E-state index in [0.29, 0.717) is 23.3 Å². The van der Waals surface area contributed by atoms with Crippen molar-refractivity contribution in [3.05, 3.63) is 29.3 Å².